The van der Waals surface area contributed by atoms with Crippen LogP contribution in [0.25, 0.3) is 16.6 Å². The number of carbonyl (C=O) groups is 2. The minimum Gasteiger partial charge on any atom is -0.347 e. The van der Waals surface area contributed by atoms with Crippen molar-refractivity contribution in [3.05, 3.63) is 66.5 Å². The van der Waals surface area contributed by atoms with E-state index < -0.39 is 11.7 Å². The van der Waals surface area contributed by atoms with Crippen LogP contribution in [0.5, 0.6) is 0 Å². The third-order valence-electron chi connectivity index (χ3n) is 4.28. The van der Waals surface area contributed by atoms with E-state index in [1.807, 2.05) is 67.7 Å². The number of fused-ring (bicyclic) bond motifs is 1. The molecule has 128 valence electrons. The highest BCUT2D eigenvalue weighted by molar-refractivity contribution is 6.43. The fraction of sp³-hybridized carbons (Fsp3) is 0.238. The highest BCUT2D eigenvalue weighted by atomic mass is 16.2. The van der Waals surface area contributed by atoms with Gasteiger partial charge in [-0.3, -0.25) is 9.59 Å². The van der Waals surface area contributed by atoms with Crippen LogP contribution in [0.3, 0.4) is 0 Å². The Labute approximate surface area is 147 Å². The second-order valence-corrected chi connectivity index (χ2v) is 6.26. The van der Waals surface area contributed by atoms with Crippen molar-refractivity contribution in [1.82, 2.24) is 9.72 Å². The predicted octanol–water partition coefficient (Wildman–Crippen LogP) is 4.09. The average Bonchev–Trinajstić information content (AvgIpc) is 3.01. The number of amides is 1. The number of nitrogens with one attached hydrogen (secondary N) is 1. The number of hydrogen-bond acceptors (Lipinski definition) is 2. The Morgan fingerprint density at radius 3 is 2.52 bits per heavy atom. The fourth-order valence-corrected chi connectivity index (χ4v) is 3.10. The zero-order valence-electron chi connectivity index (χ0n) is 14.5. The summed E-state index contributed by atoms with van der Waals surface area (Å²) in [4.78, 5) is 25.4. The molecule has 0 bridgehead atoms. The van der Waals surface area contributed by atoms with Crippen LogP contribution in [0.1, 0.15) is 37.2 Å². The van der Waals surface area contributed by atoms with E-state index in [0.717, 1.165) is 29.5 Å². The Balaban J connectivity index is 2.05. The summed E-state index contributed by atoms with van der Waals surface area (Å²) in [6, 6.07) is 17.3. The van der Waals surface area contributed by atoms with Gasteiger partial charge in [0, 0.05) is 23.3 Å². The lowest BCUT2D eigenvalue weighted by Crippen LogP contribution is -2.38. The molecular formula is C21H22N2O2. The van der Waals surface area contributed by atoms with Gasteiger partial charge in [0.1, 0.15) is 5.69 Å². The number of ketones is 1. The van der Waals surface area contributed by atoms with Crippen LogP contribution < -0.4 is 5.32 Å². The number of benzene rings is 1. The van der Waals surface area contributed by atoms with Crippen molar-refractivity contribution in [2.24, 2.45) is 0 Å². The number of carbonyl (C=O) groups excluding carboxylic acids is 2. The van der Waals surface area contributed by atoms with E-state index >= 15 is 0 Å². The summed E-state index contributed by atoms with van der Waals surface area (Å²) in [5.74, 6) is -1.06. The summed E-state index contributed by atoms with van der Waals surface area (Å²) in [7, 11) is 0. The largest absolute Gasteiger partial charge is 0.347 e. The minimum absolute atomic E-state index is 0.0205. The van der Waals surface area contributed by atoms with Gasteiger partial charge in [-0.15, -0.1) is 0 Å². The average molecular weight is 334 g/mol. The maximum absolute atomic E-state index is 12.9. The number of pyridine rings is 1. The summed E-state index contributed by atoms with van der Waals surface area (Å²) < 4.78 is 1.79. The summed E-state index contributed by atoms with van der Waals surface area (Å²) in [5.41, 5.74) is 2.99. The molecule has 3 aromatic rings. The molecule has 0 aliphatic heterocycles. The van der Waals surface area contributed by atoms with Crippen molar-refractivity contribution >= 4 is 17.2 Å². The van der Waals surface area contributed by atoms with Gasteiger partial charge < -0.3 is 9.72 Å². The first kappa shape index (κ1) is 17.0. The summed E-state index contributed by atoms with van der Waals surface area (Å²) in [6.45, 7) is 3.97. The van der Waals surface area contributed by atoms with Gasteiger partial charge in [-0.05, 0) is 37.1 Å². The van der Waals surface area contributed by atoms with Crippen LogP contribution in [-0.4, -0.2) is 22.1 Å². The number of nitrogens with zero attached hydrogens (tertiary/aromatic N) is 1. The van der Waals surface area contributed by atoms with Crippen molar-refractivity contribution in [3.8, 4) is 11.1 Å². The summed E-state index contributed by atoms with van der Waals surface area (Å²) >= 11 is 0. The van der Waals surface area contributed by atoms with Crippen LogP contribution in [0, 0.1) is 0 Å². The second-order valence-electron chi connectivity index (χ2n) is 6.26. The molecule has 1 amide bonds. The molecule has 0 fully saturated rings. The van der Waals surface area contributed by atoms with Crippen molar-refractivity contribution in [2.45, 2.75) is 32.7 Å². The van der Waals surface area contributed by atoms with Crippen LogP contribution in [-0.2, 0) is 4.79 Å². The smallest absolute Gasteiger partial charge is 0.294 e. The summed E-state index contributed by atoms with van der Waals surface area (Å²) in [6.07, 6.45) is 3.62. The third-order valence-corrected chi connectivity index (χ3v) is 4.28. The predicted molar refractivity (Wildman–Crippen MR) is 99.7 cm³/mol. The highest BCUT2D eigenvalue weighted by Gasteiger charge is 2.25. The van der Waals surface area contributed by atoms with Gasteiger partial charge in [-0.25, -0.2) is 0 Å². The van der Waals surface area contributed by atoms with Crippen molar-refractivity contribution < 1.29 is 9.59 Å². The van der Waals surface area contributed by atoms with E-state index in [2.05, 4.69) is 12.2 Å². The lowest BCUT2D eigenvalue weighted by Gasteiger charge is -2.12. The molecule has 0 radical (unpaired) electrons. The first-order valence-corrected chi connectivity index (χ1v) is 8.62. The number of aromatic nitrogens is 1. The van der Waals surface area contributed by atoms with E-state index in [4.69, 9.17) is 0 Å². The normalized spacial score (nSPS) is 12.1. The molecule has 3 rings (SSSR count). The lowest BCUT2D eigenvalue weighted by atomic mass is 10.0. The van der Waals surface area contributed by atoms with Crippen molar-refractivity contribution in [1.29, 1.82) is 0 Å². The monoisotopic (exact) mass is 334 g/mol. The number of hydrogen-bond donors (Lipinski definition) is 1. The van der Waals surface area contributed by atoms with Crippen molar-refractivity contribution in [3.63, 3.8) is 0 Å². The van der Waals surface area contributed by atoms with Gasteiger partial charge >= 0.3 is 0 Å². The molecule has 0 saturated heterocycles. The lowest BCUT2D eigenvalue weighted by molar-refractivity contribution is -0.117. The molecule has 25 heavy (non-hydrogen) atoms. The van der Waals surface area contributed by atoms with Crippen molar-refractivity contribution in [2.75, 3.05) is 0 Å². The van der Waals surface area contributed by atoms with Crippen LogP contribution >= 0.6 is 0 Å². The Morgan fingerprint density at radius 2 is 1.80 bits per heavy atom. The van der Waals surface area contributed by atoms with E-state index in [1.54, 1.807) is 4.40 Å². The molecule has 1 atom stereocenters. The van der Waals surface area contributed by atoms with E-state index in [1.165, 1.54) is 0 Å². The maximum Gasteiger partial charge on any atom is 0.294 e. The second kappa shape index (κ2) is 7.34. The fourth-order valence-electron chi connectivity index (χ4n) is 3.10. The van der Waals surface area contributed by atoms with Gasteiger partial charge in [0.15, 0.2) is 0 Å². The zero-order valence-corrected chi connectivity index (χ0v) is 14.5. The number of Topliss-reactive ketones (excluding diaryl/α,β-unsaturated/α-hetero) is 1. The molecule has 4 heteroatoms. The van der Waals surface area contributed by atoms with Crippen LogP contribution in [0.2, 0.25) is 0 Å². The standard InChI is InChI=1S/C21H22N2O2/c1-3-9-15(2)22-21(25)20(24)19-18(16-10-5-4-6-11-16)14-17-12-7-8-13-23(17)19/h4-8,10-15H,3,9H2,1-2H3,(H,22,25)/t15-/m0/s1. The van der Waals surface area contributed by atoms with Gasteiger partial charge in [0.05, 0.1) is 0 Å². The highest BCUT2D eigenvalue weighted by Crippen LogP contribution is 2.28. The molecule has 1 aromatic carbocycles. The van der Waals surface area contributed by atoms with Gasteiger partial charge in [-0.2, -0.15) is 0 Å². The zero-order chi connectivity index (χ0) is 17.8. The third kappa shape index (κ3) is 3.48. The molecular weight excluding hydrogens is 312 g/mol. The van der Waals surface area contributed by atoms with Gasteiger partial charge in [0.2, 0.25) is 0 Å². The van der Waals surface area contributed by atoms with E-state index in [-0.39, 0.29) is 6.04 Å². The Morgan fingerprint density at radius 1 is 1.08 bits per heavy atom. The molecule has 0 unspecified atom stereocenters. The molecule has 0 spiro atoms. The molecule has 0 saturated carbocycles. The van der Waals surface area contributed by atoms with E-state index in [0.29, 0.717) is 5.69 Å². The Bertz CT molecular complexity index is 897. The maximum atomic E-state index is 12.9. The topological polar surface area (TPSA) is 50.6 Å². The van der Waals surface area contributed by atoms with E-state index in [9.17, 15) is 9.59 Å². The number of rotatable bonds is 6. The minimum atomic E-state index is -0.554. The molecule has 2 heterocycles. The first-order valence-electron chi connectivity index (χ1n) is 8.62. The molecule has 2 aromatic heterocycles. The molecule has 0 aliphatic rings. The van der Waals surface area contributed by atoms with Crippen LogP contribution in [0.4, 0.5) is 0 Å². The Hall–Kier alpha value is -2.88. The quantitative estimate of drug-likeness (QED) is 0.545. The van der Waals surface area contributed by atoms with Crippen LogP contribution in [0.15, 0.2) is 60.8 Å². The van der Waals surface area contributed by atoms with Gasteiger partial charge in [-0.1, -0.05) is 49.7 Å². The molecule has 1 N–H and O–H groups in total. The molecule has 0 aliphatic carbocycles. The first-order chi connectivity index (χ1) is 12.1. The Kier molecular flexibility index (Phi) is 4.98. The summed E-state index contributed by atoms with van der Waals surface area (Å²) in [5, 5.41) is 2.81. The molecule has 4 nitrogen and oxygen atoms in total. The SMILES string of the molecule is CCC[C@H](C)NC(=O)C(=O)c1c(-c2ccccc2)cc2ccccn12. The van der Waals surface area contributed by atoms with Gasteiger partial charge in [0.25, 0.3) is 11.7 Å².